The summed E-state index contributed by atoms with van der Waals surface area (Å²) in [6.07, 6.45) is -4.09. The molecule has 0 aliphatic carbocycles. The van der Waals surface area contributed by atoms with Crippen molar-refractivity contribution in [2.75, 3.05) is 10.6 Å². The molecule has 2 N–H and O–H groups in total. The number of nitrogens with zero attached hydrogens (tertiary/aromatic N) is 2. The van der Waals surface area contributed by atoms with Crippen LogP contribution >= 0.6 is 0 Å². The number of carbonyl (C=O) groups is 2. The van der Waals surface area contributed by atoms with Gasteiger partial charge in [0.15, 0.2) is 5.82 Å². The normalized spacial score (nSPS) is 11.3. The van der Waals surface area contributed by atoms with Gasteiger partial charge in [-0.25, -0.2) is 13.8 Å². The van der Waals surface area contributed by atoms with Crippen LogP contribution in [-0.2, 0) is 6.18 Å². The van der Waals surface area contributed by atoms with E-state index in [0.29, 0.717) is 17.8 Å². The van der Waals surface area contributed by atoms with Gasteiger partial charge in [0.1, 0.15) is 17.6 Å². The first-order valence-electron chi connectivity index (χ1n) is 8.46. The molecule has 3 aromatic rings. The van der Waals surface area contributed by atoms with Crippen molar-refractivity contribution in [3.05, 3.63) is 71.3 Å². The number of halogens is 5. The number of imidazole rings is 1. The molecule has 12 heteroatoms. The van der Waals surface area contributed by atoms with E-state index < -0.39 is 52.3 Å². The lowest BCUT2D eigenvalue weighted by atomic mass is 10.1. The summed E-state index contributed by atoms with van der Waals surface area (Å²) in [5.41, 5.74) is -2.89. The Labute approximate surface area is 171 Å². The molecule has 0 saturated heterocycles. The maximum Gasteiger partial charge on any atom is 0.416 e. The second kappa shape index (κ2) is 8.05. The lowest BCUT2D eigenvalue weighted by Crippen LogP contribution is -2.30. The minimum absolute atomic E-state index is 0.0283. The quantitative estimate of drug-likeness (QED) is 0.608. The predicted octanol–water partition coefficient (Wildman–Crippen LogP) is 3.49. The molecule has 0 saturated carbocycles. The molecular weight excluding hydrogens is 427 g/mol. The molecular formula is C19H12F5N4O3-. The topological polar surface area (TPSA) is 99.1 Å². The van der Waals surface area contributed by atoms with Crippen LogP contribution in [0.3, 0.4) is 0 Å². The Morgan fingerprint density at radius 1 is 1.10 bits per heavy atom. The van der Waals surface area contributed by atoms with Crippen LogP contribution in [0.1, 0.15) is 21.6 Å². The lowest BCUT2D eigenvalue weighted by molar-refractivity contribution is -0.242. The molecule has 2 aromatic carbocycles. The second-order valence-electron chi connectivity index (χ2n) is 6.34. The zero-order valence-electron chi connectivity index (χ0n) is 15.6. The van der Waals surface area contributed by atoms with E-state index in [2.05, 4.69) is 4.98 Å². The number of aryl methyl sites for hydroxylation is 1. The number of amides is 2. The molecule has 0 bridgehead atoms. The van der Waals surface area contributed by atoms with E-state index in [-0.39, 0.29) is 5.69 Å². The highest BCUT2D eigenvalue weighted by atomic mass is 19.4. The summed E-state index contributed by atoms with van der Waals surface area (Å²) in [4.78, 5) is 27.0. The summed E-state index contributed by atoms with van der Waals surface area (Å²) in [5, 5.41) is 14.0. The lowest BCUT2D eigenvalue weighted by Gasteiger charge is -2.15. The van der Waals surface area contributed by atoms with Gasteiger partial charge in [-0.3, -0.25) is 4.79 Å². The van der Waals surface area contributed by atoms with Crippen LogP contribution in [0.5, 0.6) is 0 Å². The number of carboxylic acid groups (broad SMARTS) is 1. The molecule has 0 atom stereocenters. The Morgan fingerprint density at radius 3 is 2.39 bits per heavy atom. The van der Waals surface area contributed by atoms with E-state index in [4.69, 9.17) is 0 Å². The van der Waals surface area contributed by atoms with E-state index in [1.165, 1.54) is 22.4 Å². The monoisotopic (exact) mass is 439 g/mol. The minimum Gasteiger partial charge on any atom is -0.530 e. The predicted molar refractivity (Wildman–Crippen MR) is 96.6 cm³/mol. The highest BCUT2D eigenvalue weighted by Gasteiger charge is 2.32. The fourth-order valence-electron chi connectivity index (χ4n) is 2.68. The number of hydrogen-bond donors (Lipinski definition) is 2. The Kier molecular flexibility index (Phi) is 5.64. The molecule has 7 nitrogen and oxygen atoms in total. The van der Waals surface area contributed by atoms with Crippen molar-refractivity contribution in [1.29, 1.82) is 0 Å². The Balaban J connectivity index is 2.01. The zero-order chi connectivity index (χ0) is 22.9. The van der Waals surface area contributed by atoms with Gasteiger partial charge < -0.3 is 25.1 Å². The van der Waals surface area contributed by atoms with E-state index in [1.807, 2.05) is 5.32 Å². The first-order valence-corrected chi connectivity index (χ1v) is 8.46. The smallest absolute Gasteiger partial charge is 0.416 e. The van der Waals surface area contributed by atoms with Crippen LogP contribution < -0.4 is 15.7 Å². The molecule has 2 amide bonds. The van der Waals surface area contributed by atoms with Crippen molar-refractivity contribution in [3.63, 3.8) is 0 Å². The van der Waals surface area contributed by atoms with E-state index >= 15 is 0 Å². The number of nitrogens with one attached hydrogen (secondary N) is 2. The highest BCUT2D eigenvalue weighted by Crippen LogP contribution is 2.32. The van der Waals surface area contributed by atoms with Crippen LogP contribution in [0.4, 0.5) is 38.1 Å². The number of aromatic nitrogens is 2. The SMILES string of the molecule is Cc1cn(-c2cc(C(=O)Nc3ccc(F)c(NC(=O)[O-])c3F)cc(C(F)(F)F)c2)cn1. The van der Waals surface area contributed by atoms with Gasteiger partial charge in [0.25, 0.3) is 5.91 Å². The van der Waals surface area contributed by atoms with E-state index in [1.54, 1.807) is 6.92 Å². The van der Waals surface area contributed by atoms with Crippen LogP contribution in [-0.4, -0.2) is 21.6 Å². The molecule has 0 unspecified atom stereocenters. The number of rotatable bonds is 4. The zero-order valence-corrected chi connectivity index (χ0v) is 15.6. The van der Waals surface area contributed by atoms with Gasteiger partial charge in [-0.2, -0.15) is 13.2 Å². The average molecular weight is 439 g/mol. The van der Waals surface area contributed by atoms with Gasteiger partial charge in [0.05, 0.1) is 23.3 Å². The van der Waals surface area contributed by atoms with Gasteiger partial charge in [-0.05, 0) is 37.3 Å². The molecule has 162 valence electrons. The molecule has 3 rings (SSSR count). The Hall–Kier alpha value is -3.96. The molecule has 1 aromatic heterocycles. The first kappa shape index (κ1) is 21.7. The second-order valence-corrected chi connectivity index (χ2v) is 6.34. The maximum absolute atomic E-state index is 14.4. The third-order valence-corrected chi connectivity index (χ3v) is 4.08. The van der Waals surface area contributed by atoms with Gasteiger partial charge in [-0.15, -0.1) is 0 Å². The number of benzene rings is 2. The molecule has 0 aliphatic rings. The van der Waals surface area contributed by atoms with Crippen molar-refractivity contribution >= 4 is 23.4 Å². The van der Waals surface area contributed by atoms with Crippen molar-refractivity contribution in [3.8, 4) is 5.69 Å². The highest BCUT2D eigenvalue weighted by molar-refractivity contribution is 6.05. The molecule has 0 fully saturated rings. The first-order chi connectivity index (χ1) is 14.5. The van der Waals surface area contributed by atoms with Crippen molar-refractivity contribution in [1.82, 2.24) is 9.55 Å². The summed E-state index contributed by atoms with van der Waals surface area (Å²) >= 11 is 0. The maximum atomic E-state index is 14.4. The molecule has 0 radical (unpaired) electrons. The third kappa shape index (κ3) is 4.79. The standard InChI is InChI=1S/C19H13F5N4O3/c1-9-7-28(8-25-9)12-5-10(4-11(6-12)19(22,23)24)17(29)26-14-3-2-13(20)16(15(14)21)27-18(30)31/h2-8,27H,1H3,(H,26,29)(H,30,31)/p-1. The molecule has 0 spiro atoms. The fraction of sp³-hybridized carbons (Fsp3) is 0.105. The number of carbonyl (C=O) groups excluding carboxylic acids is 2. The van der Waals surface area contributed by atoms with Crippen LogP contribution in [0.15, 0.2) is 42.9 Å². The minimum atomic E-state index is -4.78. The molecule has 1 heterocycles. The van der Waals surface area contributed by atoms with Crippen molar-refractivity contribution < 1.29 is 36.6 Å². The van der Waals surface area contributed by atoms with Crippen LogP contribution in [0.2, 0.25) is 0 Å². The largest absolute Gasteiger partial charge is 0.530 e. The Morgan fingerprint density at radius 2 is 1.81 bits per heavy atom. The number of alkyl halides is 3. The number of anilines is 2. The number of hydrogen-bond acceptors (Lipinski definition) is 4. The van der Waals surface area contributed by atoms with Crippen LogP contribution in [0, 0.1) is 18.6 Å². The van der Waals surface area contributed by atoms with Crippen molar-refractivity contribution in [2.45, 2.75) is 13.1 Å². The van der Waals surface area contributed by atoms with Crippen molar-refractivity contribution in [2.24, 2.45) is 0 Å². The van der Waals surface area contributed by atoms with E-state index in [9.17, 15) is 36.6 Å². The third-order valence-electron chi connectivity index (χ3n) is 4.08. The summed E-state index contributed by atoms with van der Waals surface area (Å²) < 4.78 is 69.2. The summed E-state index contributed by atoms with van der Waals surface area (Å²) in [5.74, 6) is -3.90. The van der Waals surface area contributed by atoms with Crippen LogP contribution in [0.25, 0.3) is 5.69 Å². The summed E-state index contributed by atoms with van der Waals surface area (Å²) in [6, 6.07) is 3.93. The molecule has 0 aliphatic heterocycles. The average Bonchev–Trinajstić information content (AvgIpc) is 3.12. The van der Waals surface area contributed by atoms with Gasteiger partial charge >= 0.3 is 6.18 Å². The Bertz CT molecular complexity index is 1170. The fourth-order valence-corrected chi connectivity index (χ4v) is 2.68. The van der Waals surface area contributed by atoms with Gasteiger partial charge in [0, 0.05) is 17.4 Å². The summed E-state index contributed by atoms with van der Waals surface area (Å²) in [6.45, 7) is 1.62. The van der Waals surface area contributed by atoms with E-state index in [0.717, 1.165) is 18.2 Å². The van der Waals surface area contributed by atoms with Gasteiger partial charge in [-0.1, -0.05) is 0 Å². The van der Waals surface area contributed by atoms with Gasteiger partial charge in [0.2, 0.25) is 0 Å². The molecule has 31 heavy (non-hydrogen) atoms. The summed E-state index contributed by atoms with van der Waals surface area (Å²) in [7, 11) is 0.